The molecule has 7 nitrogen and oxygen atoms in total. The van der Waals surface area contributed by atoms with E-state index in [-0.39, 0.29) is 16.5 Å². The van der Waals surface area contributed by atoms with Gasteiger partial charge in [-0.25, -0.2) is 4.98 Å². The van der Waals surface area contributed by atoms with E-state index in [0.29, 0.717) is 37.4 Å². The average Bonchev–Trinajstić information content (AvgIpc) is 2.66. The van der Waals surface area contributed by atoms with Gasteiger partial charge in [0.1, 0.15) is 11.5 Å². The summed E-state index contributed by atoms with van der Waals surface area (Å²) in [6, 6.07) is 6.90. The molecule has 0 N–H and O–H groups in total. The highest BCUT2D eigenvalue weighted by atomic mass is 35.5. The predicted octanol–water partition coefficient (Wildman–Crippen LogP) is 3.86. The number of pyridine rings is 1. The first-order valence-corrected chi connectivity index (χ1v) is 8.49. The third kappa shape index (κ3) is 3.94. The summed E-state index contributed by atoms with van der Waals surface area (Å²) in [5.74, 6) is 0.231. The van der Waals surface area contributed by atoms with Crippen LogP contribution in [-0.2, 0) is 6.18 Å². The molecule has 0 aliphatic carbocycles. The number of aromatic nitrogens is 1. The summed E-state index contributed by atoms with van der Waals surface area (Å²) in [6.45, 7) is 1.42. The number of piperazine rings is 1. The lowest BCUT2D eigenvalue weighted by atomic mass is 10.1. The Bertz CT molecular complexity index is 953. The summed E-state index contributed by atoms with van der Waals surface area (Å²) in [5, 5.41) is 20.2. The molecule has 0 atom stereocenters. The van der Waals surface area contributed by atoms with E-state index >= 15 is 0 Å². The van der Waals surface area contributed by atoms with Crippen molar-refractivity contribution in [2.24, 2.45) is 0 Å². The Kier molecular flexibility index (Phi) is 5.29. The fourth-order valence-electron chi connectivity index (χ4n) is 2.98. The lowest BCUT2D eigenvalue weighted by Crippen LogP contribution is -2.47. The van der Waals surface area contributed by atoms with Gasteiger partial charge in [-0.1, -0.05) is 11.6 Å². The van der Waals surface area contributed by atoms with Crippen molar-refractivity contribution in [2.45, 2.75) is 6.18 Å². The van der Waals surface area contributed by atoms with Gasteiger partial charge in [0.2, 0.25) is 0 Å². The third-order valence-corrected chi connectivity index (χ3v) is 4.65. The highest BCUT2D eigenvalue weighted by molar-refractivity contribution is 6.33. The first kappa shape index (κ1) is 19.7. The molecule has 1 saturated heterocycles. The number of alkyl halides is 3. The number of nitriles is 1. The first-order valence-electron chi connectivity index (χ1n) is 8.12. The van der Waals surface area contributed by atoms with Gasteiger partial charge in [0.25, 0.3) is 5.69 Å². The summed E-state index contributed by atoms with van der Waals surface area (Å²) >= 11 is 5.99. The maximum absolute atomic E-state index is 12.7. The van der Waals surface area contributed by atoms with Crippen LogP contribution < -0.4 is 9.80 Å². The van der Waals surface area contributed by atoms with Crippen molar-refractivity contribution < 1.29 is 18.1 Å². The van der Waals surface area contributed by atoms with Crippen LogP contribution in [0.4, 0.5) is 30.4 Å². The molecule has 11 heteroatoms. The molecule has 146 valence electrons. The minimum atomic E-state index is -4.53. The van der Waals surface area contributed by atoms with Crippen LogP contribution in [0, 0.1) is 21.4 Å². The molecule has 0 amide bonds. The van der Waals surface area contributed by atoms with Crippen LogP contribution in [0.1, 0.15) is 11.1 Å². The number of halogens is 4. The van der Waals surface area contributed by atoms with Gasteiger partial charge < -0.3 is 9.80 Å². The van der Waals surface area contributed by atoms with Crippen molar-refractivity contribution in [3.63, 3.8) is 0 Å². The van der Waals surface area contributed by atoms with Crippen molar-refractivity contribution in [3.05, 3.63) is 56.7 Å². The van der Waals surface area contributed by atoms with Crippen molar-refractivity contribution in [3.8, 4) is 6.07 Å². The maximum Gasteiger partial charge on any atom is 0.417 e. The summed E-state index contributed by atoms with van der Waals surface area (Å²) in [7, 11) is 0. The van der Waals surface area contributed by atoms with Gasteiger partial charge in [-0.15, -0.1) is 0 Å². The third-order valence-electron chi connectivity index (χ3n) is 4.37. The Labute approximate surface area is 162 Å². The molecule has 0 spiro atoms. The summed E-state index contributed by atoms with van der Waals surface area (Å²) in [6.07, 6.45) is -3.80. The van der Waals surface area contributed by atoms with Gasteiger partial charge in [-0.3, -0.25) is 10.1 Å². The molecule has 0 saturated carbocycles. The van der Waals surface area contributed by atoms with Crippen LogP contribution in [0.25, 0.3) is 0 Å². The summed E-state index contributed by atoms with van der Waals surface area (Å²) in [5.41, 5.74) is -0.410. The Hall–Kier alpha value is -3.06. The quantitative estimate of drug-likeness (QED) is 0.563. The first-order chi connectivity index (χ1) is 13.2. The number of hydrogen-bond acceptors (Lipinski definition) is 6. The molecular formula is C17H13ClF3N5O2. The van der Waals surface area contributed by atoms with Crippen LogP contribution in [-0.4, -0.2) is 36.1 Å². The number of nitrogens with zero attached hydrogens (tertiary/aromatic N) is 5. The SMILES string of the molecule is N#Cc1ccc([N+](=O)[O-])c(N2CCN(c3ncc(C(F)(F)F)cc3Cl)CC2)c1. The van der Waals surface area contributed by atoms with E-state index in [0.717, 1.165) is 12.3 Å². The van der Waals surface area contributed by atoms with Crippen LogP contribution in [0.3, 0.4) is 0 Å². The van der Waals surface area contributed by atoms with Gasteiger partial charge in [0.15, 0.2) is 0 Å². The lowest BCUT2D eigenvalue weighted by molar-refractivity contribution is -0.384. The van der Waals surface area contributed by atoms with E-state index in [1.54, 1.807) is 9.80 Å². The normalized spacial score (nSPS) is 14.7. The Morgan fingerprint density at radius 3 is 2.36 bits per heavy atom. The molecular weight excluding hydrogens is 399 g/mol. The number of nitro benzene ring substituents is 1. The molecule has 28 heavy (non-hydrogen) atoms. The smallest absolute Gasteiger partial charge is 0.362 e. The van der Waals surface area contributed by atoms with Crippen LogP contribution in [0.5, 0.6) is 0 Å². The van der Waals surface area contributed by atoms with Crippen LogP contribution in [0.2, 0.25) is 5.02 Å². The zero-order valence-corrected chi connectivity index (χ0v) is 15.0. The number of hydrogen-bond donors (Lipinski definition) is 0. The van der Waals surface area contributed by atoms with Gasteiger partial charge in [0, 0.05) is 38.4 Å². The van der Waals surface area contributed by atoms with E-state index < -0.39 is 16.7 Å². The molecule has 1 aliphatic heterocycles. The molecule has 3 rings (SSSR count). The highest BCUT2D eigenvalue weighted by Crippen LogP contribution is 2.35. The van der Waals surface area contributed by atoms with Gasteiger partial charge in [-0.2, -0.15) is 18.4 Å². The van der Waals surface area contributed by atoms with Crippen molar-refractivity contribution >= 4 is 28.8 Å². The Morgan fingerprint density at radius 2 is 1.82 bits per heavy atom. The van der Waals surface area contributed by atoms with E-state index in [9.17, 15) is 23.3 Å². The lowest BCUT2D eigenvalue weighted by Gasteiger charge is -2.36. The molecule has 1 aromatic carbocycles. The molecule has 2 heterocycles. The monoisotopic (exact) mass is 411 g/mol. The second kappa shape index (κ2) is 7.52. The van der Waals surface area contributed by atoms with Gasteiger partial charge >= 0.3 is 6.18 Å². The van der Waals surface area contributed by atoms with E-state index in [2.05, 4.69) is 4.98 Å². The molecule has 1 aliphatic rings. The highest BCUT2D eigenvalue weighted by Gasteiger charge is 2.32. The fourth-order valence-corrected chi connectivity index (χ4v) is 3.26. The maximum atomic E-state index is 12.7. The number of benzene rings is 1. The zero-order valence-electron chi connectivity index (χ0n) is 14.3. The molecule has 0 unspecified atom stereocenters. The van der Waals surface area contributed by atoms with Crippen LogP contribution in [0.15, 0.2) is 30.5 Å². The minimum Gasteiger partial charge on any atom is -0.362 e. The van der Waals surface area contributed by atoms with Gasteiger partial charge in [-0.05, 0) is 18.2 Å². The van der Waals surface area contributed by atoms with E-state index in [1.165, 1.54) is 18.2 Å². The molecule has 0 bridgehead atoms. The number of rotatable bonds is 3. The second-order valence-electron chi connectivity index (χ2n) is 6.07. The van der Waals surface area contributed by atoms with Gasteiger partial charge in [0.05, 0.1) is 27.1 Å². The topological polar surface area (TPSA) is 86.3 Å². The summed E-state index contributed by atoms with van der Waals surface area (Å²) < 4.78 is 38.2. The minimum absolute atomic E-state index is 0.110. The summed E-state index contributed by atoms with van der Waals surface area (Å²) in [4.78, 5) is 18.1. The zero-order chi connectivity index (χ0) is 20.5. The number of nitro groups is 1. The van der Waals surface area contributed by atoms with Crippen molar-refractivity contribution in [2.75, 3.05) is 36.0 Å². The average molecular weight is 412 g/mol. The second-order valence-corrected chi connectivity index (χ2v) is 6.48. The van der Waals surface area contributed by atoms with E-state index in [1.807, 2.05) is 6.07 Å². The largest absolute Gasteiger partial charge is 0.417 e. The molecule has 2 aromatic rings. The Morgan fingerprint density at radius 1 is 1.18 bits per heavy atom. The predicted molar refractivity (Wildman–Crippen MR) is 96.5 cm³/mol. The number of anilines is 2. The molecule has 1 aromatic heterocycles. The standard InChI is InChI=1S/C17H13ClF3N5O2/c18-13-8-12(17(19,20)21)10-23-16(13)25-5-3-24(4-6-25)15-7-11(9-22)1-2-14(15)26(27)28/h1-2,7-8,10H,3-6H2. The fraction of sp³-hybridized carbons (Fsp3) is 0.294. The van der Waals surface area contributed by atoms with E-state index in [4.69, 9.17) is 16.9 Å². The van der Waals surface area contributed by atoms with Crippen LogP contribution >= 0.6 is 11.6 Å². The molecule has 0 radical (unpaired) electrons. The Balaban J connectivity index is 1.79. The van der Waals surface area contributed by atoms with Crippen molar-refractivity contribution in [1.29, 1.82) is 5.26 Å². The van der Waals surface area contributed by atoms with Crippen molar-refractivity contribution in [1.82, 2.24) is 4.98 Å². The molecule has 1 fully saturated rings.